The molecule has 7 heteroatoms. The molecule has 1 aliphatic heterocycles. The largest absolute Gasteiger partial charge is 0.480 e. The Morgan fingerprint density at radius 3 is 2.95 bits per heavy atom. The van der Waals surface area contributed by atoms with E-state index in [1.807, 2.05) is 6.07 Å². The van der Waals surface area contributed by atoms with Gasteiger partial charge in [0, 0.05) is 18.0 Å². The van der Waals surface area contributed by atoms with Gasteiger partial charge in [0.15, 0.2) is 0 Å². The molecule has 21 heavy (non-hydrogen) atoms. The number of hydrogen-bond acceptors (Lipinski definition) is 4. The Kier molecular flexibility index (Phi) is 3.17. The summed E-state index contributed by atoms with van der Waals surface area (Å²) in [6.45, 7) is -0.206. The molecule has 0 bridgehead atoms. The minimum atomic E-state index is -0.965. The Hall–Kier alpha value is -2.70. The molecule has 1 saturated heterocycles. The van der Waals surface area contributed by atoms with Crippen LogP contribution in [0.4, 0.5) is 0 Å². The van der Waals surface area contributed by atoms with E-state index in [1.54, 1.807) is 18.3 Å². The van der Waals surface area contributed by atoms with E-state index in [4.69, 9.17) is 5.11 Å². The highest BCUT2D eigenvalue weighted by atomic mass is 16.4. The molecule has 2 aromatic rings. The quantitative estimate of drug-likeness (QED) is 0.807. The molecule has 1 aromatic heterocycles. The van der Waals surface area contributed by atoms with E-state index < -0.39 is 5.97 Å². The zero-order valence-corrected chi connectivity index (χ0v) is 11.1. The van der Waals surface area contributed by atoms with Gasteiger partial charge in [-0.3, -0.25) is 24.4 Å². The van der Waals surface area contributed by atoms with E-state index in [2.05, 4.69) is 10.4 Å². The van der Waals surface area contributed by atoms with Gasteiger partial charge >= 0.3 is 5.97 Å². The normalized spacial score (nSPS) is 18.8. The third-order valence-corrected chi connectivity index (χ3v) is 3.52. The number of rotatable bonds is 3. The number of fused-ring (bicyclic) bond motifs is 1. The van der Waals surface area contributed by atoms with Crippen molar-refractivity contribution in [3.63, 3.8) is 0 Å². The van der Waals surface area contributed by atoms with Crippen LogP contribution in [0.15, 0.2) is 24.4 Å². The molecule has 7 nitrogen and oxygen atoms in total. The first-order valence-electron chi connectivity index (χ1n) is 6.55. The lowest BCUT2D eigenvalue weighted by Crippen LogP contribution is -2.39. The van der Waals surface area contributed by atoms with Crippen molar-refractivity contribution in [1.82, 2.24) is 15.1 Å². The van der Waals surface area contributed by atoms with Gasteiger partial charge in [-0.2, -0.15) is 5.10 Å². The summed E-state index contributed by atoms with van der Waals surface area (Å²) in [5, 5.41) is 16.1. The highest BCUT2D eigenvalue weighted by molar-refractivity contribution is 6.01. The fourth-order valence-corrected chi connectivity index (χ4v) is 2.53. The Morgan fingerprint density at radius 1 is 1.43 bits per heavy atom. The zero-order chi connectivity index (χ0) is 15.0. The van der Waals surface area contributed by atoms with E-state index in [1.165, 1.54) is 4.68 Å². The maximum absolute atomic E-state index is 11.9. The average molecular weight is 287 g/mol. The van der Waals surface area contributed by atoms with Crippen LogP contribution in [-0.4, -0.2) is 32.7 Å². The van der Waals surface area contributed by atoms with Gasteiger partial charge in [0.25, 0.3) is 0 Å². The van der Waals surface area contributed by atoms with Crippen molar-refractivity contribution in [2.75, 3.05) is 0 Å². The van der Waals surface area contributed by atoms with Gasteiger partial charge in [0.1, 0.15) is 6.54 Å². The maximum Gasteiger partial charge on any atom is 0.325 e. The molecule has 1 atom stereocenters. The molecule has 1 fully saturated rings. The predicted octanol–water partition coefficient (Wildman–Crippen LogP) is 0.641. The van der Waals surface area contributed by atoms with Crippen molar-refractivity contribution in [2.24, 2.45) is 0 Å². The van der Waals surface area contributed by atoms with Crippen LogP contribution in [0.25, 0.3) is 10.9 Å². The monoisotopic (exact) mass is 287 g/mol. The molecule has 0 aliphatic carbocycles. The molecule has 108 valence electrons. The summed E-state index contributed by atoms with van der Waals surface area (Å²) in [6.07, 6.45) is 2.45. The van der Waals surface area contributed by atoms with Crippen LogP contribution in [0.3, 0.4) is 0 Å². The molecular formula is C14H13N3O4. The summed E-state index contributed by atoms with van der Waals surface area (Å²) < 4.78 is 1.35. The molecule has 2 heterocycles. The topological polar surface area (TPSA) is 101 Å². The second-order valence-electron chi connectivity index (χ2n) is 5.04. The standard InChI is InChI=1S/C14H13N3O4/c18-12-4-3-10(14(21)15-12)8-1-2-9-6-17(7-13(19)20)16-11(9)5-8/h1-2,5-6,10H,3-4,7H2,(H,19,20)(H,15,18,21). The Bertz CT molecular complexity index is 750. The maximum atomic E-state index is 11.9. The van der Waals surface area contributed by atoms with Crippen LogP contribution in [0.5, 0.6) is 0 Å². The number of imide groups is 1. The zero-order valence-electron chi connectivity index (χ0n) is 11.1. The van der Waals surface area contributed by atoms with E-state index in [9.17, 15) is 14.4 Å². The number of carbonyl (C=O) groups is 3. The highest BCUT2D eigenvalue weighted by Crippen LogP contribution is 2.27. The van der Waals surface area contributed by atoms with Gasteiger partial charge in [0.05, 0.1) is 11.4 Å². The first-order valence-corrected chi connectivity index (χ1v) is 6.55. The minimum Gasteiger partial charge on any atom is -0.480 e. The summed E-state index contributed by atoms with van der Waals surface area (Å²) in [4.78, 5) is 33.7. The number of amides is 2. The number of nitrogens with one attached hydrogen (secondary N) is 1. The molecule has 0 spiro atoms. The molecule has 1 aliphatic rings. The van der Waals surface area contributed by atoms with Crippen LogP contribution < -0.4 is 5.32 Å². The van der Waals surface area contributed by atoms with Crippen LogP contribution in [-0.2, 0) is 20.9 Å². The van der Waals surface area contributed by atoms with Crippen LogP contribution in [0, 0.1) is 0 Å². The van der Waals surface area contributed by atoms with Crippen molar-refractivity contribution in [2.45, 2.75) is 25.3 Å². The van der Waals surface area contributed by atoms with Crippen LogP contribution in [0.2, 0.25) is 0 Å². The molecule has 1 unspecified atom stereocenters. The Morgan fingerprint density at radius 2 is 2.24 bits per heavy atom. The number of hydrogen-bond donors (Lipinski definition) is 2. The van der Waals surface area contributed by atoms with Gasteiger partial charge < -0.3 is 5.11 Å². The van der Waals surface area contributed by atoms with Gasteiger partial charge in [-0.1, -0.05) is 12.1 Å². The van der Waals surface area contributed by atoms with Crippen molar-refractivity contribution in [3.05, 3.63) is 30.0 Å². The van der Waals surface area contributed by atoms with Gasteiger partial charge in [-0.15, -0.1) is 0 Å². The smallest absolute Gasteiger partial charge is 0.325 e. The highest BCUT2D eigenvalue weighted by Gasteiger charge is 2.28. The number of benzene rings is 1. The molecule has 0 radical (unpaired) electrons. The third kappa shape index (κ3) is 2.62. The summed E-state index contributed by atoms with van der Waals surface area (Å²) in [6, 6.07) is 5.39. The summed E-state index contributed by atoms with van der Waals surface area (Å²) in [5.41, 5.74) is 1.42. The van der Waals surface area contributed by atoms with Crippen LogP contribution >= 0.6 is 0 Å². The number of piperidine rings is 1. The number of carbonyl (C=O) groups excluding carboxylic acids is 2. The summed E-state index contributed by atoms with van der Waals surface area (Å²) >= 11 is 0. The predicted molar refractivity (Wildman–Crippen MR) is 72.5 cm³/mol. The summed E-state index contributed by atoms with van der Waals surface area (Å²) in [5.74, 6) is -1.87. The fourth-order valence-electron chi connectivity index (χ4n) is 2.53. The first-order chi connectivity index (χ1) is 10.0. The molecule has 0 saturated carbocycles. The van der Waals surface area contributed by atoms with Crippen molar-refractivity contribution in [3.8, 4) is 0 Å². The Labute approximate surface area is 119 Å². The van der Waals surface area contributed by atoms with Crippen molar-refractivity contribution in [1.29, 1.82) is 0 Å². The number of carboxylic acids is 1. The number of aromatic nitrogens is 2. The molecule has 2 N–H and O–H groups in total. The third-order valence-electron chi connectivity index (χ3n) is 3.52. The lowest BCUT2D eigenvalue weighted by atomic mass is 9.90. The molecule has 1 aromatic carbocycles. The molecular weight excluding hydrogens is 274 g/mol. The number of carboxylic acid groups (broad SMARTS) is 1. The van der Waals surface area contributed by atoms with Crippen molar-refractivity contribution >= 4 is 28.7 Å². The molecule has 3 rings (SSSR count). The number of aliphatic carboxylic acids is 1. The van der Waals surface area contributed by atoms with E-state index in [0.29, 0.717) is 18.4 Å². The number of nitrogens with zero attached hydrogens (tertiary/aromatic N) is 2. The van der Waals surface area contributed by atoms with Crippen LogP contribution in [0.1, 0.15) is 24.3 Å². The van der Waals surface area contributed by atoms with E-state index in [0.717, 1.165) is 10.9 Å². The van der Waals surface area contributed by atoms with Gasteiger partial charge in [-0.25, -0.2) is 0 Å². The lowest BCUT2D eigenvalue weighted by molar-refractivity contribution is -0.138. The summed E-state index contributed by atoms with van der Waals surface area (Å²) in [7, 11) is 0. The minimum absolute atomic E-state index is 0.206. The SMILES string of the molecule is O=C(O)Cn1cc2ccc(C3CCC(=O)NC3=O)cc2n1. The lowest BCUT2D eigenvalue weighted by Gasteiger charge is -2.20. The van der Waals surface area contributed by atoms with Gasteiger partial charge in [0.2, 0.25) is 11.8 Å². The molecule has 2 amide bonds. The average Bonchev–Trinajstić information content (AvgIpc) is 2.78. The van der Waals surface area contributed by atoms with E-state index >= 15 is 0 Å². The second kappa shape index (κ2) is 5.01. The Balaban J connectivity index is 1.91. The van der Waals surface area contributed by atoms with Gasteiger partial charge in [-0.05, 0) is 18.1 Å². The van der Waals surface area contributed by atoms with E-state index in [-0.39, 0.29) is 24.3 Å². The van der Waals surface area contributed by atoms with Crippen molar-refractivity contribution < 1.29 is 19.5 Å². The fraction of sp³-hybridized carbons (Fsp3) is 0.286. The second-order valence-corrected chi connectivity index (χ2v) is 5.04. The first kappa shape index (κ1) is 13.3.